The van der Waals surface area contributed by atoms with Crippen LogP contribution >= 0.6 is 0 Å². The highest BCUT2D eigenvalue weighted by molar-refractivity contribution is 6.26. The maximum Gasteiger partial charge on any atom is 0.0760 e. The largest absolute Gasteiger partial charge is 0.309 e. The monoisotopic (exact) mass is 631 g/mol. The van der Waals surface area contributed by atoms with Gasteiger partial charge >= 0.3 is 0 Å². The van der Waals surface area contributed by atoms with Gasteiger partial charge in [0.1, 0.15) is 0 Å². The molecule has 1 aliphatic carbocycles. The van der Waals surface area contributed by atoms with E-state index in [9.17, 15) is 0 Å². The van der Waals surface area contributed by atoms with E-state index in [4.69, 9.17) is 0 Å². The third kappa shape index (κ3) is 3.06. The van der Waals surface area contributed by atoms with Crippen LogP contribution in [0.5, 0.6) is 0 Å². The number of rotatable bonds is 1. The summed E-state index contributed by atoms with van der Waals surface area (Å²) in [5.41, 5.74) is 13.9. The van der Waals surface area contributed by atoms with E-state index in [1.807, 2.05) is 0 Å². The molecule has 2 heterocycles. The molecule has 12 rings (SSSR count). The average molecular weight is 632 g/mol. The van der Waals surface area contributed by atoms with Gasteiger partial charge in [-0.25, -0.2) is 0 Å². The van der Waals surface area contributed by atoms with Gasteiger partial charge in [0.15, 0.2) is 0 Å². The zero-order chi connectivity index (χ0) is 32.6. The zero-order valence-electron chi connectivity index (χ0n) is 27.2. The Morgan fingerprint density at radius 3 is 1.68 bits per heavy atom. The second kappa shape index (κ2) is 9.37. The minimum absolute atomic E-state index is 0.497. The fourth-order valence-electron chi connectivity index (χ4n) is 9.94. The third-order valence-electron chi connectivity index (χ3n) is 11.8. The molecule has 0 saturated heterocycles. The lowest BCUT2D eigenvalue weighted by Gasteiger charge is -2.40. The topological polar surface area (TPSA) is 4.93 Å². The van der Waals surface area contributed by atoms with Crippen molar-refractivity contribution in [3.63, 3.8) is 0 Å². The first-order valence-corrected chi connectivity index (χ1v) is 17.5. The van der Waals surface area contributed by atoms with Gasteiger partial charge in [-0.05, 0) is 95.0 Å². The first-order chi connectivity index (χ1) is 24.8. The lowest BCUT2D eigenvalue weighted by molar-refractivity contribution is 0.750. The van der Waals surface area contributed by atoms with Gasteiger partial charge in [-0.2, -0.15) is 0 Å². The molecule has 230 valence electrons. The van der Waals surface area contributed by atoms with E-state index in [2.05, 4.69) is 180 Å². The maximum absolute atomic E-state index is 2.52. The summed E-state index contributed by atoms with van der Waals surface area (Å²) in [4.78, 5) is 0. The molecule has 9 aromatic carbocycles. The summed E-state index contributed by atoms with van der Waals surface area (Å²) in [6.07, 6.45) is 0. The summed E-state index contributed by atoms with van der Waals surface area (Å²) in [6.45, 7) is 0. The summed E-state index contributed by atoms with van der Waals surface area (Å²) in [7, 11) is 0. The first-order valence-electron chi connectivity index (χ1n) is 17.5. The molecule has 1 aliphatic heterocycles. The Hall–Kier alpha value is -6.44. The highest BCUT2D eigenvalue weighted by atomic mass is 15.0. The van der Waals surface area contributed by atoms with E-state index < -0.39 is 5.41 Å². The van der Waals surface area contributed by atoms with Crippen molar-refractivity contribution in [2.45, 2.75) is 5.41 Å². The van der Waals surface area contributed by atoms with Gasteiger partial charge in [-0.15, -0.1) is 0 Å². The fourth-order valence-corrected chi connectivity index (χ4v) is 9.94. The Balaban J connectivity index is 1.26. The van der Waals surface area contributed by atoms with Gasteiger partial charge in [0, 0.05) is 10.8 Å². The van der Waals surface area contributed by atoms with E-state index in [1.54, 1.807) is 0 Å². The van der Waals surface area contributed by atoms with Crippen LogP contribution in [0, 0.1) is 0 Å². The van der Waals surface area contributed by atoms with E-state index in [0.717, 1.165) is 0 Å². The average Bonchev–Trinajstić information content (AvgIpc) is 3.69. The molecule has 0 N–H and O–H groups in total. The Labute approximate surface area is 289 Å². The van der Waals surface area contributed by atoms with Crippen LogP contribution in [0.3, 0.4) is 0 Å². The molecule has 1 aromatic heterocycles. The van der Waals surface area contributed by atoms with Crippen LogP contribution in [-0.2, 0) is 5.41 Å². The SMILES string of the molecule is c1ccc2c(c1)-c1cccc(-c3ccc4c5ccccc5c5ccccc5c4c3)c1C21c2ccccc2-n2c3ccccc3c3cccc1c32. The Morgan fingerprint density at radius 2 is 0.880 bits per heavy atom. The number of benzene rings is 9. The predicted octanol–water partition coefficient (Wildman–Crippen LogP) is 12.6. The molecule has 10 aromatic rings. The fraction of sp³-hybridized carbons (Fsp3) is 0.0204. The number of aromatic nitrogens is 1. The lowest BCUT2D eigenvalue weighted by atomic mass is 9.64. The third-order valence-corrected chi connectivity index (χ3v) is 11.8. The second-order valence-electron chi connectivity index (χ2n) is 13.9. The smallest absolute Gasteiger partial charge is 0.0760 e. The molecule has 1 atom stereocenters. The standard InChI is InChI=1S/C49H29N/c1-2-15-34-32(13-1)33-14-3-4-16-35(33)41-29-30(27-28-36(34)41)31-19-11-20-39-37-17-5-7-22-42(37)49(47(31)39)43-23-8-10-26-46(43)50-45-25-9-6-18-38(45)40-21-12-24-44(49)48(40)50/h1-29H. The van der Waals surface area contributed by atoms with Gasteiger partial charge in [-0.3, -0.25) is 0 Å². The molecule has 0 bridgehead atoms. The van der Waals surface area contributed by atoms with Crippen LogP contribution in [0.1, 0.15) is 22.3 Å². The van der Waals surface area contributed by atoms with E-state index in [0.29, 0.717) is 0 Å². The molecule has 0 amide bonds. The van der Waals surface area contributed by atoms with Crippen molar-refractivity contribution in [3.05, 3.63) is 198 Å². The Bertz CT molecular complexity index is 3070. The van der Waals surface area contributed by atoms with Crippen LogP contribution in [0.4, 0.5) is 0 Å². The van der Waals surface area contributed by atoms with Crippen LogP contribution in [0.25, 0.3) is 82.1 Å². The number of hydrogen-bond donors (Lipinski definition) is 0. The van der Waals surface area contributed by atoms with Gasteiger partial charge < -0.3 is 4.57 Å². The van der Waals surface area contributed by atoms with Gasteiger partial charge in [-0.1, -0.05) is 158 Å². The van der Waals surface area contributed by atoms with E-state index in [1.165, 1.54) is 104 Å². The number of fused-ring (bicyclic) bond motifs is 18. The highest BCUT2D eigenvalue weighted by Crippen LogP contribution is 2.63. The van der Waals surface area contributed by atoms with Crippen LogP contribution in [-0.4, -0.2) is 4.57 Å². The minimum atomic E-state index is -0.497. The quantitative estimate of drug-likeness (QED) is 0.159. The summed E-state index contributed by atoms with van der Waals surface area (Å²) < 4.78 is 2.52. The van der Waals surface area contributed by atoms with E-state index >= 15 is 0 Å². The van der Waals surface area contributed by atoms with Crippen LogP contribution < -0.4 is 0 Å². The Morgan fingerprint density at radius 1 is 0.340 bits per heavy atom. The summed E-state index contributed by atoms with van der Waals surface area (Å²) in [5.74, 6) is 0. The normalized spacial score (nSPS) is 15.7. The van der Waals surface area contributed by atoms with Crippen LogP contribution in [0.2, 0.25) is 0 Å². The maximum atomic E-state index is 2.52. The predicted molar refractivity (Wildman–Crippen MR) is 210 cm³/mol. The molecule has 1 nitrogen and oxygen atoms in total. The van der Waals surface area contributed by atoms with Crippen molar-refractivity contribution >= 4 is 54.1 Å². The molecule has 1 spiro atoms. The van der Waals surface area contributed by atoms with Crippen molar-refractivity contribution in [2.75, 3.05) is 0 Å². The molecular weight excluding hydrogens is 603 g/mol. The molecule has 1 heteroatoms. The van der Waals surface area contributed by atoms with E-state index in [-0.39, 0.29) is 0 Å². The number of hydrogen-bond acceptors (Lipinski definition) is 0. The minimum Gasteiger partial charge on any atom is -0.309 e. The summed E-state index contributed by atoms with van der Waals surface area (Å²) in [5, 5.41) is 10.4. The van der Waals surface area contributed by atoms with Gasteiger partial charge in [0.25, 0.3) is 0 Å². The second-order valence-corrected chi connectivity index (χ2v) is 13.9. The highest BCUT2D eigenvalue weighted by Gasteiger charge is 2.51. The summed E-state index contributed by atoms with van der Waals surface area (Å²) in [6, 6.07) is 66.1. The van der Waals surface area contributed by atoms with Crippen molar-refractivity contribution in [2.24, 2.45) is 0 Å². The molecule has 0 saturated carbocycles. The van der Waals surface area contributed by atoms with Crippen LogP contribution in [0.15, 0.2) is 176 Å². The molecule has 2 aliphatic rings. The van der Waals surface area contributed by atoms with Gasteiger partial charge in [0.2, 0.25) is 0 Å². The van der Waals surface area contributed by atoms with Gasteiger partial charge in [0.05, 0.1) is 22.1 Å². The Kier molecular flexibility index (Phi) is 4.97. The summed E-state index contributed by atoms with van der Waals surface area (Å²) >= 11 is 0. The first kappa shape index (κ1) is 26.5. The zero-order valence-corrected chi connectivity index (χ0v) is 27.2. The van der Waals surface area contributed by atoms with Crippen molar-refractivity contribution in [1.82, 2.24) is 4.57 Å². The van der Waals surface area contributed by atoms with Crippen molar-refractivity contribution in [1.29, 1.82) is 0 Å². The molecule has 0 radical (unpaired) electrons. The molecular formula is C49H29N. The number of nitrogens with zero attached hydrogens (tertiary/aromatic N) is 1. The van der Waals surface area contributed by atoms with Crippen molar-refractivity contribution < 1.29 is 0 Å². The molecule has 0 fully saturated rings. The number of para-hydroxylation sites is 3. The molecule has 50 heavy (non-hydrogen) atoms. The molecule has 1 unspecified atom stereocenters. The van der Waals surface area contributed by atoms with Crippen molar-refractivity contribution in [3.8, 4) is 27.9 Å². The lowest BCUT2D eigenvalue weighted by Crippen LogP contribution is -2.34.